The highest BCUT2D eigenvalue weighted by molar-refractivity contribution is 9.10. The number of amides is 1. The number of benzene rings is 1. The first-order chi connectivity index (χ1) is 9.74. The van der Waals surface area contributed by atoms with Gasteiger partial charge in [-0.1, -0.05) is 12.1 Å². The molecule has 0 unspecified atom stereocenters. The van der Waals surface area contributed by atoms with E-state index in [0.717, 1.165) is 0 Å². The number of hydrogen-bond acceptors (Lipinski definition) is 5. The van der Waals surface area contributed by atoms with Crippen LogP contribution in [0.5, 0.6) is 0 Å². The van der Waals surface area contributed by atoms with Gasteiger partial charge in [0, 0.05) is 11.0 Å². The van der Waals surface area contributed by atoms with Crippen molar-refractivity contribution in [1.82, 2.24) is 4.72 Å². The fourth-order valence-electron chi connectivity index (χ4n) is 1.34. The van der Waals surface area contributed by atoms with Gasteiger partial charge in [0.1, 0.15) is 0 Å². The maximum Gasteiger partial charge on any atom is 0.307 e. The molecular weight excluding hydrogens is 364 g/mol. The zero-order valence-electron chi connectivity index (χ0n) is 11.2. The summed E-state index contributed by atoms with van der Waals surface area (Å²) < 4.78 is 31.4. The number of nitrogens with two attached hydrogens (primary N) is 1. The fraction of sp³-hybridized carbons (Fsp3) is 0.333. The highest BCUT2D eigenvalue weighted by atomic mass is 79.9. The van der Waals surface area contributed by atoms with Crippen molar-refractivity contribution < 1.29 is 22.7 Å². The molecule has 0 aliphatic heterocycles. The molecule has 0 heterocycles. The zero-order valence-corrected chi connectivity index (χ0v) is 13.6. The highest BCUT2D eigenvalue weighted by Crippen LogP contribution is 2.20. The van der Waals surface area contributed by atoms with Gasteiger partial charge in [-0.05, 0) is 35.0 Å². The van der Waals surface area contributed by atoms with Gasteiger partial charge < -0.3 is 10.5 Å². The Hall–Kier alpha value is -1.45. The van der Waals surface area contributed by atoms with Crippen LogP contribution in [-0.2, 0) is 24.3 Å². The summed E-state index contributed by atoms with van der Waals surface area (Å²) in [6.07, 6.45) is -1.25. The Morgan fingerprint density at radius 3 is 2.57 bits per heavy atom. The number of esters is 1. The van der Waals surface area contributed by atoms with E-state index in [4.69, 9.17) is 10.5 Å². The van der Waals surface area contributed by atoms with Crippen LogP contribution in [0.1, 0.15) is 13.3 Å². The SMILES string of the molecule is C[C@H](OC(=O)CCNS(=O)(=O)c1ccccc1Br)C(N)=O. The smallest absolute Gasteiger partial charge is 0.307 e. The third-order valence-corrected chi connectivity index (χ3v) is 4.93. The monoisotopic (exact) mass is 378 g/mol. The Morgan fingerprint density at radius 2 is 2.00 bits per heavy atom. The number of carbonyl (C=O) groups excluding carboxylic acids is 2. The van der Waals surface area contributed by atoms with E-state index in [1.165, 1.54) is 13.0 Å². The van der Waals surface area contributed by atoms with Crippen molar-refractivity contribution >= 4 is 37.8 Å². The van der Waals surface area contributed by atoms with Crippen molar-refractivity contribution in [2.24, 2.45) is 5.73 Å². The first kappa shape index (κ1) is 17.6. The Balaban J connectivity index is 2.54. The lowest BCUT2D eigenvalue weighted by molar-refractivity contribution is -0.153. The quantitative estimate of drug-likeness (QED) is 0.671. The Morgan fingerprint density at radius 1 is 1.38 bits per heavy atom. The predicted octanol–water partition coefficient (Wildman–Crippen LogP) is 0.534. The Kier molecular flexibility index (Phi) is 6.31. The average molecular weight is 379 g/mol. The van der Waals surface area contributed by atoms with E-state index in [1.807, 2.05) is 0 Å². The van der Waals surface area contributed by atoms with Crippen molar-refractivity contribution in [2.45, 2.75) is 24.3 Å². The lowest BCUT2D eigenvalue weighted by Gasteiger charge is -2.10. The van der Waals surface area contributed by atoms with E-state index in [1.54, 1.807) is 18.2 Å². The van der Waals surface area contributed by atoms with Crippen LogP contribution < -0.4 is 10.5 Å². The zero-order chi connectivity index (χ0) is 16.0. The number of sulfonamides is 1. The average Bonchev–Trinajstić information content (AvgIpc) is 2.38. The van der Waals surface area contributed by atoms with Gasteiger partial charge >= 0.3 is 5.97 Å². The molecular formula is C12H15BrN2O5S. The first-order valence-corrected chi connectivity index (χ1v) is 8.24. The minimum absolute atomic E-state index is 0.0730. The maximum absolute atomic E-state index is 12.0. The van der Waals surface area contributed by atoms with E-state index in [2.05, 4.69) is 20.7 Å². The van der Waals surface area contributed by atoms with Crippen LogP contribution in [0.2, 0.25) is 0 Å². The number of carbonyl (C=O) groups is 2. The summed E-state index contributed by atoms with van der Waals surface area (Å²) in [5.41, 5.74) is 4.94. The van der Waals surface area contributed by atoms with Crippen LogP contribution in [0.25, 0.3) is 0 Å². The molecule has 0 aromatic heterocycles. The predicted molar refractivity (Wildman–Crippen MR) is 78.7 cm³/mol. The molecule has 21 heavy (non-hydrogen) atoms. The van der Waals surface area contributed by atoms with Gasteiger partial charge in [0.2, 0.25) is 10.0 Å². The summed E-state index contributed by atoms with van der Waals surface area (Å²) in [5, 5.41) is 0. The lowest BCUT2D eigenvalue weighted by atomic mass is 10.4. The molecule has 0 saturated heterocycles. The second kappa shape index (κ2) is 7.53. The molecule has 1 atom stereocenters. The normalized spacial score (nSPS) is 12.7. The number of hydrogen-bond donors (Lipinski definition) is 2. The molecule has 1 rings (SSSR count). The largest absolute Gasteiger partial charge is 0.453 e. The van der Waals surface area contributed by atoms with Gasteiger partial charge in [0.15, 0.2) is 6.10 Å². The lowest BCUT2D eigenvalue weighted by Crippen LogP contribution is -2.32. The Labute approximate surface area is 131 Å². The van der Waals surface area contributed by atoms with Crippen LogP contribution in [0, 0.1) is 0 Å². The minimum atomic E-state index is -3.73. The third-order valence-electron chi connectivity index (χ3n) is 2.46. The van der Waals surface area contributed by atoms with Gasteiger partial charge in [-0.15, -0.1) is 0 Å². The molecule has 0 aliphatic rings. The summed E-state index contributed by atoms with van der Waals surface area (Å²) in [7, 11) is -3.73. The molecule has 0 saturated carbocycles. The van der Waals surface area contributed by atoms with Crippen LogP contribution in [0.3, 0.4) is 0 Å². The number of halogens is 1. The van der Waals surface area contributed by atoms with Crippen molar-refractivity contribution in [3.8, 4) is 0 Å². The van der Waals surface area contributed by atoms with Crippen molar-refractivity contribution in [3.05, 3.63) is 28.7 Å². The second-order valence-electron chi connectivity index (χ2n) is 4.11. The summed E-state index contributed by atoms with van der Waals surface area (Å²) in [5.74, 6) is -1.48. The van der Waals surface area contributed by atoms with Crippen LogP contribution in [-0.4, -0.2) is 32.9 Å². The number of rotatable bonds is 7. The summed E-state index contributed by atoms with van der Waals surface area (Å²) in [6.45, 7) is 1.19. The number of primary amides is 1. The fourth-order valence-corrected chi connectivity index (χ4v) is 3.37. The third kappa shape index (κ3) is 5.44. The molecule has 0 fully saturated rings. The summed E-state index contributed by atoms with van der Waals surface area (Å²) in [4.78, 5) is 22.2. The van der Waals surface area contributed by atoms with Gasteiger partial charge in [-0.2, -0.15) is 0 Å². The first-order valence-electron chi connectivity index (χ1n) is 5.97. The van der Waals surface area contributed by atoms with E-state index in [0.29, 0.717) is 4.47 Å². The molecule has 1 aromatic rings. The topological polar surface area (TPSA) is 116 Å². The van der Waals surface area contributed by atoms with Gasteiger partial charge in [-0.25, -0.2) is 13.1 Å². The van der Waals surface area contributed by atoms with Gasteiger partial charge in [0.05, 0.1) is 11.3 Å². The van der Waals surface area contributed by atoms with E-state index >= 15 is 0 Å². The van der Waals surface area contributed by atoms with Crippen molar-refractivity contribution in [3.63, 3.8) is 0 Å². The van der Waals surface area contributed by atoms with E-state index in [9.17, 15) is 18.0 Å². The van der Waals surface area contributed by atoms with Crippen LogP contribution >= 0.6 is 15.9 Å². The number of ether oxygens (including phenoxy) is 1. The molecule has 0 radical (unpaired) electrons. The summed E-state index contributed by atoms with van der Waals surface area (Å²) in [6, 6.07) is 6.30. The maximum atomic E-state index is 12.0. The second-order valence-corrected chi connectivity index (χ2v) is 6.70. The molecule has 9 heteroatoms. The van der Waals surface area contributed by atoms with Crippen molar-refractivity contribution in [1.29, 1.82) is 0 Å². The molecule has 7 nitrogen and oxygen atoms in total. The van der Waals surface area contributed by atoms with Crippen LogP contribution in [0.15, 0.2) is 33.6 Å². The summed E-state index contributed by atoms with van der Waals surface area (Å²) >= 11 is 3.14. The standard InChI is InChI=1S/C12H15BrN2O5S/c1-8(12(14)17)20-11(16)6-7-15-21(18,19)10-5-3-2-4-9(10)13/h2-5,8,15H,6-7H2,1H3,(H2,14,17)/t8-/m0/s1. The number of nitrogens with one attached hydrogen (secondary N) is 1. The van der Waals surface area contributed by atoms with Crippen molar-refractivity contribution in [2.75, 3.05) is 6.54 Å². The molecule has 1 amide bonds. The highest BCUT2D eigenvalue weighted by Gasteiger charge is 2.18. The van der Waals surface area contributed by atoms with E-state index < -0.39 is 28.0 Å². The molecule has 0 aliphatic carbocycles. The molecule has 0 bridgehead atoms. The molecule has 1 aromatic carbocycles. The Bertz CT molecular complexity index is 632. The van der Waals surface area contributed by atoms with E-state index in [-0.39, 0.29) is 17.9 Å². The van der Waals surface area contributed by atoms with Gasteiger partial charge in [-0.3, -0.25) is 9.59 Å². The molecule has 0 spiro atoms. The van der Waals surface area contributed by atoms with Crippen LogP contribution in [0.4, 0.5) is 0 Å². The minimum Gasteiger partial charge on any atom is -0.453 e. The molecule has 3 N–H and O–H groups in total. The van der Waals surface area contributed by atoms with Gasteiger partial charge in [0.25, 0.3) is 5.91 Å². The molecule has 116 valence electrons.